The van der Waals surface area contributed by atoms with Gasteiger partial charge in [-0.1, -0.05) is 32.1 Å². The molecule has 1 aliphatic carbocycles. The molecule has 0 aliphatic heterocycles. The minimum Gasteiger partial charge on any atom is -0.466 e. The van der Waals surface area contributed by atoms with Gasteiger partial charge in [-0.05, 0) is 37.8 Å². The van der Waals surface area contributed by atoms with E-state index in [0.29, 0.717) is 12.2 Å². The Hall–Kier alpha value is -1.29. The minimum atomic E-state index is -1.15. The normalized spacial score (nSPS) is 19.1. The Balaban J connectivity index is 1.63. The lowest BCUT2D eigenvalue weighted by Crippen LogP contribution is -2.38. The van der Waals surface area contributed by atoms with Crippen LogP contribution in [0.5, 0.6) is 0 Å². The van der Waals surface area contributed by atoms with Crippen molar-refractivity contribution in [1.82, 2.24) is 5.32 Å². The van der Waals surface area contributed by atoms with Gasteiger partial charge in [-0.25, -0.2) is 0 Å². The molecule has 1 atom stereocenters. The Morgan fingerprint density at radius 3 is 2.86 bits per heavy atom. The molecular formula is C17H27NO3. The van der Waals surface area contributed by atoms with Crippen molar-refractivity contribution in [3.8, 4) is 0 Å². The Kier molecular flexibility index (Phi) is 5.85. The topological polar surface area (TPSA) is 62.5 Å². The Morgan fingerprint density at radius 2 is 2.19 bits per heavy atom. The summed E-state index contributed by atoms with van der Waals surface area (Å²) >= 11 is 0. The summed E-state index contributed by atoms with van der Waals surface area (Å²) in [4.78, 5) is 11.8. The molecule has 2 rings (SSSR count). The minimum absolute atomic E-state index is 0.0117. The molecule has 1 heterocycles. The molecule has 2 N–H and O–H groups in total. The van der Waals surface area contributed by atoms with Crippen LogP contribution in [0.1, 0.15) is 64.1 Å². The second-order valence-electron chi connectivity index (χ2n) is 6.42. The van der Waals surface area contributed by atoms with Crippen molar-refractivity contribution < 1.29 is 14.3 Å². The summed E-state index contributed by atoms with van der Waals surface area (Å²) in [5, 5.41) is 13.0. The Bertz CT molecular complexity index is 419. The van der Waals surface area contributed by atoms with Crippen LogP contribution < -0.4 is 5.32 Å². The maximum atomic E-state index is 11.8. The third-order valence-electron chi connectivity index (χ3n) is 4.42. The molecule has 0 spiro atoms. The van der Waals surface area contributed by atoms with Crippen LogP contribution in [0, 0.1) is 5.92 Å². The summed E-state index contributed by atoms with van der Waals surface area (Å²) in [5.41, 5.74) is -1.15. The fourth-order valence-corrected chi connectivity index (χ4v) is 3.06. The van der Waals surface area contributed by atoms with Crippen LogP contribution in [-0.4, -0.2) is 17.6 Å². The largest absolute Gasteiger partial charge is 0.466 e. The van der Waals surface area contributed by atoms with Crippen LogP contribution in [0.4, 0.5) is 0 Å². The fraction of sp³-hybridized carbons (Fsp3) is 0.706. The van der Waals surface area contributed by atoms with Gasteiger partial charge in [0.15, 0.2) is 0 Å². The predicted molar refractivity (Wildman–Crippen MR) is 81.7 cm³/mol. The molecule has 1 saturated carbocycles. The number of hydrogen-bond acceptors (Lipinski definition) is 3. The van der Waals surface area contributed by atoms with Crippen LogP contribution in [0.3, 0.4) is 0 Å². The van der Waals surface area contributed by atoms with Crippen molar-refractivity contribution in [3.63, 3.8) is 0 Å². The molecule has 4 heteroatoms. The second kappa shape index (κ2) is 7.64. The molecule has 1 amide bonds. The molecule has 1 aromatic rings. The number of rotatable bonds is 7. The third kappa shape index (κ3) is 5.20. The summed E-state index contributed by atoms with van der Waals surface area (Å²) in [6.07, 6.45) is 10.9. The summed E-state index contributed by atoms with van der Waals surface area (Å²) in [6, 6.07) is 3.45. The van der Waals surface area contributed by atoms with Gasteiger partial charge < -0.3 is 14.8 Å². The third-order valence-corrected chi connectivity index (χ3v) is 4.42. The maximum Gasteiger partial charge on any atom is 0.220 e. The molecule has 1 aromatic heterocycles. The number of aliphatic hydroxyl groups is 1. The van der Waals surface area contributed by atoms with Crippen molar-refractivity contribution in [3.05, 3.63) is 24.2 Å². The van der Waals surface area contributed by atoms with E-state index in [0.717, 1.165) is 18.8 Å². The zero-order valence-corrected chi connectivity index (χ0v) is 12.9. The number of carbonyl (C=O) groups excluding carboxylic acids is 1. The van der Waals surface area contributed by atoms with E-state index in [1.807, 2.05) is 0 Å². The lowest BCUT2D eigenvalue weighted by atomic mass is 9.86. The van der Waals surface area contributed by atoms with E-state index in [2.05, 4.69) is 5.32 Å². The van der Waals surface area contributed by atoms with Gasteiger partial charge >= 0.3 is 0 Å². The average Bonchev–Trinajstić information content (AvgIpc) is 3.01. The van der Waals surface area contributed by atoms with E-state index in [1.54, 1.807) is 19.1 Å². The van der Waals surface area contributed by atoms with E-state index < -0.39 is 5.60 Å². The fourth-order valence-electron chi connectivity index (χ4n) is 3.06. The van der Waals surface area contributed by atoms with Gasteiger partial charge in [0.2, 0.25) is 5.91 Å². The van der Waals surface area contributed by atoms with E-state index >= 15 is 0 Å². The number of hydrogen-bond donors (Lipinski definition) is 2. The summed E-state index contributed by atoms with van der Waals surface area (Å²) in [6.45, 7) is 1.83. The molecule has 0 saturated heterocycles. The van der Waals surface area contributed by atoms with Gasteiger partial charge in [-0.3, -0.25) is 4.79 Å². The lowest BCUT2D eigenvalue weighted by Gasteiger charge is -2.22. The number of amides is 1. The standard InChI is InChI=1S/C17H27NO3/c1-17(20,15-10-6-12-21-15)13-18-16(19)11-5-9-14-7-3-2-4-8-14/h6,10,12,14,20H,2-5,7-9,11,13H2,1H3,(H,18,19). The first kappa shape index (κ1) is 16.1. The maximum absolute atomic E-state index is 11.8. The second-order valence-corrected chi connectivity index (χ2v) is 6.42. The Morgan fingerprint density at radius 1 is 1.43 bits per heavy atom. The van der Waals surface area contributed by atoms with E-state index in [1.165, 1.54) is 38.4 Å². The highest BCUT2D eigenvalue weighted by molar-refractivity contribution is 5.75. The van der Waals surface area contributed by atoms with Crippen LogP contribution in [-0.2, 0) is 10.4 Å². The van der Waals surface area contributed by atoms with E-state index in [4.69, 9.17) is 4.42 Å². The zero-order valence-electron chi connectivity index (χ0n) is 12.9. The molecule has 118 valence electrons. The van der Waals surface area contributed by atoms with Crippen LogP contribution >= 0.6 is 0 Å². The first-order chi connectivity index (χ1) is 10.1. The highest BCUT2D eigenvalue weighted by Crippen LogP contribution is 2.27. The van der Waals surface area contributed by atoms with Gasteiger partial charge in [0.05, 0.1) is 12.8 Å². The van der Waals surface area contributed by atoms with Crippen LogP contribution in [0.2, 0.25) is 0 Å². The molecular weight excluding hydrogens is 266 g/mol. The van der Waals surface area contributed by atoms with Crippen molar-refractivity contribution in [1.29, 1.82) is 0 Å². The van der Waals surface area contributed by atoms with E-state index in [-0.39, 0.29) is 12.5 Å². The van der Waals surface area contributed by atoms with Crippen molar-refractivity contribution >= 4 is 5.91 Å². The molecule has 4 nitrogen and oxygen atoms in total. The number of furan rings is 1. The van der Waals surface area contributed by atoms with Gasteiger partial charge in [0, 0.05) is 6.42 Å². The summed E-state index contributed by atoms with van der Waals surface area (Å²) < 4.78 is 5.19. The number of carbonyl (C=O) groups is 1. The predicted octanol–water partition coefficient (Wildman–Crippen LogP) is 3.35. The molecule has 0 aromatic carbocycles. The van der Waals surface area contributed by atoms with E-state index in [9.17, 15) is 9.90 Å². The van der Waals surface area contributed by atoms with Crippen LogP contribution in [0.15, 0.2) is 22.8 Å². The lowest BCUT2D eigenvalue weighted by molar-refractivity contribution is -0.122. The van der Waals surface area contributed by atoms with Gasteiger partial charge in [0.1, 0.15) is 11.4 Å². The highest BCUT2D eigenvalue weighted by atomic mass is 16.4. The van der Waals surface area contributed by atoms with Crippen molar-refractivity contribution in [2.75, 3.05) is 6.54 Å². The van der Waals surface area contributed by atoms with Crippen molar-refractivity contribution in [2.45, 2.75) is 63.9 Å². The van der Waals surface area contributed by atoms with Crippen molar-refractivity contribution in [2.24, 2.45) is 5.92 Å². The average molecular weight is 293 g/mol. The molecule has 21 heavy (non-hydrogen) atoms. The quantitative estimate of drug-likeness (QED) is 0.810. The highest BCUT2D eigenvalue weighted by Gasteiger charge is 2.26. The first-order valence-corrected chi connectivity index (χ1v) is 8.11. The molecule has 1 aliphatic rings. The van der Waals surface area contributed by atoms with Gasteiger partial charge in [-0.15, -0.1) is 0 Å². The first-order valence-electron chi connectivity index (χ1n) is 8.11. The smallest absolute Gasteiger partial charge is 0.220 e. The van der Waals surface area contributed by atoms with Gasteiger partial charge in [0.25, 0.3) is 0 Å². The summed E-state index contributed by atoms with van der Waals surface area (Å²) in [5.74, 6) is 1.31. The number of nitrogens with one attached hydrogen (secondary N) is 1. The summed E-state index contributed by atoms with van der Waals surface area (Å²) in [7, 11) is 0. The monoisotopic (exact) mass is 293 g/mol. The zero-order chi connectivity index (χ0) is 15.1. The molecule has 0 bridgehead atoms. The molecule has 1 unspecified atom stereocenters. The SMILES string of the molecule is CC(O)(CNC(=O)CCCC1CCCCC1)c1ccco1. The molecule has 1 fully saturated rings. The Labute approximate surface area is 126 Å². The molecule has 0 radical (unpaired) electrons. The van der Waals surface area contributed by atoms with Crippen LogP contribution in [0.25, 0.3) is 0 Å². The van der Waals surface area contributed by atoms with Gasteiger partial charge in [-0.2, -0.15) is 0 Å².